The van der Waals surface area contributed by atoms with E-state index < -0.39 is 5.60 Å². The molecule has 1 aromatic carbocycles. The molecule has 0 radical (unpaired) electrons. The van der Waals surface area contributed by atoms with Crippen LogP contribution in [-0.4, -0.2) is 24.0 Å². The van der Waals surface area contributed by atoms with E-state index in [2.05, 4.69) is 24.4 Å². The summed E-state index contributed by atoms with van der Waals surface area (Å²) in [4.78, 5) is 24.9. The molecule has 1 amide bonds. The van der Waals surface area contributed by atoms with Crippen molar-refractivity contribution in [2.75, 3.05) is 6.54 Å². The number of esters is 1. The average molecular weight is 327 g/mol. The first-order valence-electron chi connectivity index (χ1n) is 8.81. The Labute approximate surface area is 143 Å². The molecule has 0 saturated heterocycles. The van der Waals surface area contributed by atoms with Crippen LogP contribution in [0.3, 0.4) is 0 Å². The first kappa shape index (κ1) is 16.7. The quantitative estimate of drug-likeness (QED) is 0.861. The van der Waals surface area contributed by atoms with Gasteiger partial charge in [0, 0.05) is 12.1 Å². The molecule has 4 heteroatoms. The van der Waals surface area contributed by atoms with E-state index >= 15 is 0 Å². The Bertz CT molecular complexity index is 657. The summed E-state index contributed by atoms with van der Waals surface area (Å²) in [6.07, 6.45) is 4.65. The molecule has 1 fully saturated rings. The van der Waals surface area contributed by atoms with Crippen molar-refractivity contribution >= 4 is 11.9 Å². The Morgan fingerprint density at radius 2 is 1.88 bits per heavy atom. The molecule has 1 N–H and O–H groups in total. The van der Waals surface area contributed by atoms with Crippen molar-refractivity contribution in [3.05, 3.63) is 47.0 Å². The van der Waals surface area contributed by atoms with Crippen molar-refractivity contribution in [1.29, 1.82) is 0 Å². The van der Waals surface area contributed by atoms with Crippen molar-refractivity contribution in [3.63, 3.8) is 0 Å². The van der Waals surface area contributed by atoms with Crippen LogP contribution in [0.15, 0.2) is 41.5 Å². The van der Waals surface area contributed by atoms with Gasteiger partial charge in [0.2, 0.25) is 0 Å². The third-order valence-corrected chi connectivity index (χ3v) is 5.25. The van der Waals surface area contributed by atoms with E-state index in [0.29, 0.717) is 17.7 Å². The van der Waals surface area contributed by atoms with Gasteiger partial charge >= 0.3 is 5.97 Å². The van der Waals surface area contributed by atoms with Crippen LogP contribution < -0.4 is 5.32 Å². The molecular formula is C20H25NO3. The Morgan fingerprint density at radius 3 is 2.54 bits per heavy atom. The number of ether oxygens (including phenoxy) is 1. The van der Waals surface area contributed by atoms with Crippen molar-refractivity contribution in [2.24, 2.45) is 0 Å². The molecule has 1 saturated carbocycles. The van der Waals surface area contributed by atoms with E-state index in [4.69, 9.17) is 4.74 Å². The molecule has 128 valence electrons. The highest BCUT2D eigenvalue weighted by molar-refractivity contribution is 6.07. The molecule has 1 aliphatic carbocycles. The summed E-state index contributed by atoms with van der Waals surface area (Å²) < 4.78 is 5.65. The topological polar surface area (TPSA) is 55.4 Å². The summed E-state index contributed by atoms with van der Waals surface area (Å²) in [6, 6.07) is 10.1. The van der Waals surface area contributed by atoms with Crippen molar-refractivity contribution < 1.29 is 14.3 Å². The summed E-state index contributed by atoms with van der Waals surface area (Å²) in [5.74, 6) is -0.266. The summed E-state index contributed by atoms with van der Waals surface area (Å²) in [7, 11) is 0. The lowest BCUT2D eigenvalue weighted by Crippen LogP contribution is -2.41. The smallest absolute Gasteiger partial charge is 0.335 e. The van der Waals surface area contributed by atoms with Crippen molar-refractivity contribution in [3.8, 4) is 0 Å². The largest absolute Gasteiger partial charge is 0.451 e. The number of amides is 1. The van der Waals surface area contributed by atoms with E-state index in [1.54, 1.807) is 6.92 Å². The van der Waals surface area contributed by atoms with Gasteiger partial charge in [-0.1, -0.05) is 43.7 Å². The van der Waals surface area contributed by atoms with Gasteiger partial charge in [-0.3, -0.25) is 4.79 Å². The van der Waals surface area contributed by atoms with Crippen molar-refractivity contribution in [1.82, 2.24) is 5.32 Å². The molecule has 0 bridgehead atoms. The molecule has 1 unspecified atom stereocenters. The maximum atomic E-state index is 12.8. The Balaban J connectivity index is 1.72. The number of hydrogen-bond donors (Lipinski definition) is 1. The molecule has 3 rings (SSSR count). The summed E-state index contributed by atoms with van der Waals surface area (Å²) in [6.45, 7) is 4.34. The monoisotopic (exact) mass is 327 g/mol. The lowest BCUT2D eigenvalue weighted by molar-refractivity contribution is -0.149. The summed E-state index contributed by atoms with van der Waals surface area (Å²) >= 11 is 0. The molecule has 4 nitrogen and oxygen atoms in total. The second-order valence-corrected chi connectivity index (χ2v) is 6.97. The van der Waals surface area contributed by atoms with E-state index in [9.17, 15) is 9.59 Å². The van der Waals surface area contributed by atoms with Crippen LogP contribution in [0.5, 0.6) is 0 Å². The second-order valence-electron chi connectivity index (χ2n) is 6.97. The van der Waals surface area contributed by atoms with Gasteiger partial charge in [-0.25, -0.2) is 4.79 Å². The normalized spacial score (nSPS) is 20.8. The number of rotatable bonds is 4. The minimum Gasteiger partial charge on any atom is -0.451 e. The Kier molecular flexibility index (Phi) is 4.74. The molecule has 0 aromatic heterocycles. The van der Waals surface area contributed by atoms with Crippen LogP contribution in [0.1, 0.15) is 57.4 Å². The molecule has 1 aromatic rings. The summed E-state index contributed by atoms with van der Waals surface area (Å²) in [5, 5.41) is 3.02. The van der Waals surface area contributed by atoms with Crippen LogP contribution in [0.2, 0.25) is 0 Å². The second kappa shape index (κ2) is 6.80. The number of benzene rings is 1. The molecule has 1 atom stereocenters. The third-order valence-electron chi connectivity index (χ3n) is 5.25. The highest BCUT2D eigenvalue weighted by Gasteiger charge is 2.49. The predicted octanol–water partition coefficient (Wildman–Crippen LogP) is 3.48. The first-order chi connectivity index (χ1) is 11.5. The molecule has 1 aliphatic heterocycles. The first-order valence-corrected chi connectivity index (χ1v) is 8.81. The van der Waals surface area contributed by atoms with Gasteiger partial charge in [-0.15, -0.1) is 0 Å². The van der Waals surface area contributed by atoms with Crippen LogP contribution in [0, 0.1) is 0 Å². The number of carbonyl (C=O) groups excluding carboxylic acids is 2. The lowest BCUT2D eigenvalue weighted by Gasteiger charge is -2.34. The van der Waals surface area contributed by atoms with Gasteiger partial charge in [0.15, 0.2) is 0 Å². The number of carbonyl (C=O) groups is 2. The minimum absolute atomic E-state index is 0.150. The molecular weight excluding hydrogens is 302 g/mol. The van der Waals surface area contributed by atoms with Crippen LogP contribution in [-0.2, 0) is 14.3 Å². The highest BCUT2D eigenvalue weighted by atomic mass is 16.6. The van der Waals surface area contributed by atoms with E-state index in [0.717, 1.165) is 32.1 Å². The average Bonchev–Trinajstić information content (AvgIpc) is 2.84. The SMILES string of the molecule is CC1=C(C(=O)NCC(C)c2ccccc2)C2(CCCCC2)OC1=O. The number of hydrogen-bond acceptors (Lipinski definition) is 3. The number of nitrogens with one attached hydrogen (secondary N) is 1. The summed E-state index contributed by atoms with van der Waals surface area (Å²) in [5.41, 5.74) is 1.54. The van der Waals surface area contributed by atoms with Gasteiger partial charge in [-0.2, -0.15) is 0 Å². The van der Waals surface area contributed by atoms with Crippen LogP contribution >= 0.6 is 0 Å². The zero-order valence-corrected chi connectivity index (χ0v) is 14.4. The molecule has 24 heavy (non-hydrogen) atoms. The minimum atomic E-state index is -0.681. The lowest BCUT2D eigenvalue weighted by atomic mass is 9.78. The third kappa shape index (κ3) is 3.10. The fourth-order valence-corrected chi connectivity index (χ4v) is 3.83. The van der Waals surface area contributed by atoms with E-state index in [-0.39, 0.29) is 17.8 Å². The van der Waals surface area contributed by atoms with Gasteiger partial charge in [0.25, 0.3) is 5.91 Å². The standard InChI is InChI=1S/C20H25NO3/c1-14(16-9-5-3-6-10-16)13-21-18(22)17-15(2)19(23)24-20(17)11-7-4-8-12-20/h3,5-6,9-10,14H,4,7-8,11-13H2,1-2H3,(H,21,22). The maximum Gasteiger partial charge on any atom is 0.335 e. The van der Waals surface area contributed by atoms with Crippen LogP contribution in [0.25, 0.3) is 0 Å². The zero-order valence-electron chi connectivity index (χ0n) is 14.4. The fourth-order valence-electron chi connectivity index (χ4n) is 3.83. The maximum absolute atomic E-state index is 12.8. The van der Waals surface area contributed by atoms with Gasteiger partial charge in [-0.05, 0) is 44.1 Å². The Hall–Kier alpha value is -2.10. The zero-order chi connectivity index (χ0) is 17.2. The fraction of sp³-hybridized carbons (Fsp3) is 0.500. The van der Waals surface area contributed by atoms with Gasteiger partial charge < -0.3 is 10.1 Å². The highest BCUT2D eigenvalue weighted by Crippen LogP contribution is 2.43. The molecule has 2 aliphatic rings. The van der Waals surface area contributed by atoms with E-state index in [1.807, 2.05) is 18.2 Å². The van der Waals surface area contributed by atoms with Crippen LogP contribution in [0.4, 0.5) is 0 Å². The molecule has 1 spiro atoms. The van der Waals surface area contributed by atoms with Gasteiger partial charge in [0.1, 0.15) is 5.60 Å². The van der Waals surface area contributed by atoms with E-state index in [1.165, 1.54) is 5.56 Å². The molecule has 1 heterocycles. The predicted molar refractivity (Wildman–Crippen MR) is 92.5 cm³/mol. The van der Waals surface area contributed by atoms with Gasteiger partial charge in [0.05, 0.1) is 5.57 Å². The van der Waals surface area contributed by atoms with Crippen molar-refractivity contribution in [2.45, 2.75) is 57.5 Å². The Morgan fingerprint density at radius 1 is 1.21 bits per heavy atom.